The normalized spacial score (nSPS) is 13.8. The van der Waals surface area contributed by atoms with Gasteiger partial charge in [0, 0.05) is 29.4 Å². The first-order valence-electron chi connectivity index (χ1n) is 11.7. The number of piperidine rings is 1. The Hall–Kier alpha value is -2.70. The molecule has 1 aliphatic rings. The van der Waals surface area contributed by atoms with E-state index in [0.717, 1.165) is 46.9 Å². The standard InChI is InChI=1S/C28H30N4.2ClH.H2O/c1-3-9-23(10-4-1)21-32-19-16-22(17-20-32)15-18-29-28-26-14-8-7-13-25(26)27(30-31-28)24-11-5-2-6-12-24;;;/h1-14,22H,15-21H2,(H,29,31);2*1H;1H2. The molecule has 186 valence electrons. The van der Waals surface area contributed by atoms with E-state index >= 15 is 0 Å². The van der Waals surface area contributed by atoms with Gasteiger partial charge in [-0.1, -0.05) is 84.9 Å². The molecular weight excluding hydrogens is 479 g/mol. The van der Waals surface area contributed by atoms with Crippen LogP contribution in [0.3, 0.4) is 0 Å². The van der Waals surface area contributed by atoms with Gasteiger partial charge in [0.2, 0.25) is 0 Å². The molecule has 0 spiro atoms. The van der Waals surface area contributed by atoms with Gasteiger partial charge in [0.05, 0.1) is 0 Å². The third-order valence-corrected chi connectivity index (χ3v) is 6.54. The molecule has 35 heavy (non-hydrogen) atoms. The Labute approximate surface area is 220 Å². The fourth-order valence-corrected chi connectivity index (χ4v) is 4.71. The monoisotopic (exact) mass is 512 g/mol. The van der Waals surface area contributed by atoms with Crippen molar-refractivity contribution in [3.63, 3.8) is 0 Å². The highest BCUT2D eigenvalue weighted by molar-refractivity contribution is 5.99. The molecule has 3 aromatic carbocycles. The topological polar surface area (TPSA) is 72.6 Å². The summed E-state index contributed by atoms with van der Waals surface area (Å²) < 4.78 is 0. The molecule has 1 saturated heterocycles. The van der Waals surface area contributed by atoms with Crippen molar-refractivity contribution >= 4 is 41.4 Å². The summed E-state index contributed by atoms with van der Waals surface area (Å²) in [5.41, 5.74) is 3.46. The molecule has 1 aromatic heterocycles. The molecule has 4 aromatic rings. The molecule has 0 amide bonds. The Morgan fingerprint density at radius 2 is 1.34 bits per heavy atom. The van der Waals surface area contributed by atoms with Crippen LogP contribution in [0.2, 0.25) is 0 Å². The predicted octanol–water partition coefficient (Wildman–Crippen LogP) is 6.03. The van der Waals surface area contributed by atoms with Gasteiger partial charge in [-0.25, -0.2) is 0 Å². The second kappa shape index (κ2) is 14.0. The van der Waals surface area contributed by atoms with E-state index in [2.05, 4.69) is 87.1 Å². The summed E-state index contributed by atoms with van der Waals surface area (Å²) in [5, 5.41) is 15.0. The minimum absolute atomic E-state index is 0. The van der Waals surface area contributed by atoms with E-state index in [9.17, 15) is 0 Å². The third kappa shape index (κ3) is 7.15. The van der Waals surface area contributed by atoms with Gasteiger partial charge in [-0.15, -0.1) is 35.0 Å². The van der Waals surface area contributed by atoms with Crippen molar-refractivity contribution in [2.24, 2.45) is 5.92 Å². The number of hydrogen-bond acceptors (Lipinski definition) is 4. The summed E-state index contributed by atoms with van der Waals surface area (Å²) in [6.45, 7) is 4.38. The summed E-state index contributed by atoms with van der Waals surface area (Å²) in [5.74, 6) is 1.67. The predicted molar refractivity (Wildman–Crippen MR) is 151 cm³/mol. The number of rotatable bonds is 7. The minimum atomic E-state index is 0. The lowest BCUT2D eigenvalue weighted by atomic mass is 9.93. The van der Waals surface area contributed by atoms with E-state index in [1.807, 2.05) is 18.2 Å². The molecule has 0 aliphatic carbocycles. The van der Waals surface area contributed by atoms with Gasteiger partial charge in [-0.3, -0.25) is 4.90 Å². The number of hydrogen-bond donors (Lipinski definition) is 1. The highest BCUT2D eigenvalue weighted by Gasteiger charge is 2.19. The molecular formula is C28H34Cl2N4O. The molecule has 1 aliphatic heterocycles. The van der Waals surface area contributed by atoms with Gasteiger partial charge >= 0.3 is 0 Å². The molecule has 5 nitrogen and oxygen atoms in total. The lowest BCUT2D eigenvalue weighted by Gasteiger charge is -2.32. The van der Waals surface area contributed by atoms with Gasteiger partial charge in [0.15, 0.2) is 5.82 Å². The van der Waals surface area contributed by atoms with E-state index in [4.69, 9.17) is 0 Å². The minimum Gasteiger partial charge on any atom is -0.412 e. The van der Waals surface area contributed by atoms with Crippen molar-refractivity contribution < 1.29 is 5.48 Å². The van der Waals surface area contributed by atoms with Gasteiger partial charge in [0.25, 0.3) is 0 Å². The number of aromatic nitrogens is 2. The van der Waals surface area contributed by atoms with Crippen LogP contribution in [0.25, 0.3) is 22.0 Å². The van der Waals surface area contributed by atoms with Crippen LogP contribution in [0, 0.1) is 5.92 Å². The van der Waals surface area contributed by atoms with Crippen molar-refractivity contribution in [2.75, 3.05) is 25.0 Å². The fourth-order valence-electron chi connectivity index (χ4n) is 4.71. The van der Waals surface area contributed by atoms with E-state index < -0.39 is 0 Å². The third-order valence-electron chi connectivity index (χ3n) is 6.54. The number of benzene rings is 3. The lowest BCUT2D eigenvalue weighted by Crippen LogP contribution is -2.33. The quantitative estimate of drug-likeness (QED) is 0.328. The van der Waals surface area contributed by atoms with Gasteiger partial charge in [-0.05, 0) is 43.8 Å². The van der Waals surface area contributed by atoms with Crippen LogP contribution in [-0.2, 0) is 6.54 Å². The van der Waals surface area contributed by atoms with Gasteiger partial charge in [-0.2, -0.15) is 0 Å². The molecule has 0 bridgehead atoms. The number of fused-ring (bicyclic) bond motifs is 1. The number of likely N-dealkylation sites (tertiary alicyclic amines) is 1. The lowest BCUT2D eigenvalue weighted by molar-refractivity contribution is 0.174. The molecule has 0 atom stereocenters. The Kier molecular flexibility index (Phi) is 11.4. The van der Waals surface area contributed by atoms with Crippen LogP contribution in [0.4, 0.5) is 5.82 Å². The zero-order valence-electron chi connectivity index (χ0n) is 19.8. The SMILES string of the molecule is Cl.Cl.O.c1ccc(CN2CCC(CCNc3nnc(-c4ccccc4)c4ccccc34)CC2)cc1. The molecule has 2 heterocycles. The maximum absolute atomic E-state index is 4.57. The van der Waals surface area contributed by atoms with Crippen LogP contribution in [-0.4, -0.2) is 40.2 Å². The van der Waals surface area contributed by atoms with Crippen LogP contribution in [0.15, 0.2) is 84.9 Å². The summed E-state index contributed by atoms with van der Waals surface area (Å²) >= 11 is 0. The van der Waals surface area contributed by atoms with Crippen LogP contribution >= 0.6 is 24.8 Å². The van der Waals surface area contributed by atoms with Crippen molar-refractivity contribution in [1.82, 2.24) is 15.1 Å². The molecule has 5 rings (SSSR count). The number of halogens is 2. The van der Waals surface area contributed by atoms with E-state index in [1.54, 1.807) is 0 Å². The van der Waals surface area contributed by atoms with E-state index in [0.29, 0.717) is 0 Å². The number of nitrogens with zero attached hydrogens (tertiary/aromatic N) is 3. The maximum Gasteiger partial charge on any atom is 0.156 e. The zero-order chi connectivity index (χ0) is 21.6. The first kappa shape index (κ1) is 28.5. The van der Waals surface area contributed by atoms with Crippen molar-refractivity contribution in [2.45, 2.75) is 25.8 Å². The summed E-state index contributed by atoms with van der Waals surface area (Å²) in [4.78, 5) is 2.58. The van der Waals surface area contributed by atoms with E-state index in [1.165, 1.54) is 37.9 Å². The maximum atomic E-state index is 4.57. The molecule has 7 heteroatoms. The van der Waals surface area contributed by atoms with Crippen molar-refractivity contribution in [3.05, 3.63) is 90.5 Å². The fraction of sp³-hybridized carbons (Fsp3) is 0.286. The Morgan fingerprint density at radius 1 is 0.743 bits per heavy atom. The van der Waals surface area contributed by atoms with Crippen molar-refractivity contribution in [1.29, 1.82) is 0 Å². The molecule has 0 saturated carbocycles. The number of anilines is 1. The van der Waals surface area contributed by atoms with Crippen molar-refractivity contribution in [3.8, 4) is 11.3 Å². The van der Waals surface area contributed by atoms with Gasteiger partial charge < -0.3 is 10.8 Å². The molecule has 3 N–H and O–H groups in total. The summed E-state index contributed by atoms with van der Waals surface area (Å²) in [6, 6.07) is 29.5. The smallest absolute Gasteiger partial charge is 0.156 e. The Balaban J connectivity index is 0.00000144. The molecule has 0 unspecified atom stereocenters. The largest absolute Gasteiger partial charge is 0.412 e. The van der Waals surface area contributed by atoms with Gasteiger partial charge in [0.1, 0.15) is 5.69 Å². The number of nitrogens with one attached hydrogen (secondary N) is 1. The summed E-state index contributed by atoms with van der Waals surface area (Å²) in [7, 11) is 0. The van der Waals surface area contributed by atoms with Crippen LogP contribution in [0.1, 0.15) is 24.8 Å². The Bertz CT molecular complexity index is 1150. The van der Waals surface area contributed by atoms with Crippen LogP contribution < -0.4 is 5.32 Å². The highest BCUT2D eigenvalue weighted by atomic mass is 35.5. The first-order chi connectivity index (χ1) is 15.9. The first-order valence-corrected chi connectivity index (χ1v) is 11.7. The second-order valence-electron chi connectivity index (χ2n) is 8.73. The molecule has 1 fully saturated rings. The average molecular weight is 514 g/mol. The highest BCUT2D eigenvalue weighted by Crippen LogP contribution is 2.30. The average Bonchev–Trinajstić information content (AvgIpc) is 2.86. The Morgan fingerprint density at radius 3 is 2.03 bits per heavy atom. The zero-order valence-corrected chi connectivity index (χ0v) is 21.4. The van der Waals surface area contributed by atoms with E-state index in [-0.39, 0.29) is 30.3 Å². The molecule has 0 radical (unpaired) electrons. The van der Waals surface area contributed by atoms with Crippen LogP contribution in [0.5, 0.6) is 0 Å². The second-order valence-corrected chi connectivity index (χ2v) is 8.73. The summed E-state index contributed by atoms with van der Waals surface area (Å²) in [6.07, 6.45) is 3.72.